The summed E-state index contributed by atoms with van der Waals surface area (Å²) in [6, 6.07) is 22.7. The SMILES string of the molecule is CC1(C)CCC(CN2CCN(c3ccc(C(=O)NS(=O)(=O)c4ccc(NC5CCC(NC6CCOCC6)CC5)c(N=O)c4)c(-n4ncc5nc6[nH]ccc6cc54)c3)CC2)=C(c2ccc(Cl)cc2)C1. The lowest BCUT2D eigenvalue weighted by molar-refractivity contribution is 0.0730. The number of aromatic amines is 1. The molecule has 15 nitrogen and oxygen atoms in total. The summed E-state index contributed by atoms with van der Waals surface area (Å²) in [6.45, 7) is 10.4. The van der Waals surface area contributed by atoms with Gasteiger partial charge < -0.3 is 25.3 Å². The van der Waals surface area contributed by atoms with Crippen molar-refractivity contribution in [1.82, 2.24) is 34.7 Å². The number of ether oxygens (including phenoxy) is 1. The number of nitrogens with one attached hydrogen (secondary N) is 4. The number of aromatic nitrogens is 4. The smallest absolute Gasteiger partial charge is 0.267 e. The van der Waals surface area contributed by atoms with Gasteiger partial charge in [0.05, 0.1) is 33.5 Å². The van der Waals surface area contributed by atoms with E-state index in [4.69, 9.17) is 26.4 Å². The maximum absolute atomic E-state index is 14.3. The molecule has 0 bridgehead atoms. The molecule has 0 radical (unpaired) electrons. The molecule has 0 atom stereocenters. The van der Waals surface area contributed by atoms with Crippen LogP contribution in [-0.2, 0) is 14.8 Å². The number of piperazine rings is 1. The predicted octanol–water partition coefficient (Wildman–Crippen LogP) is 9.35. The lowest BCUT2D eigenvalue weighted by Gasteiger charge is -2.39. The molecule has 3 aromatic carbocycles. The zero-order valence-corrected chi connectivity index (χ0v) is 40.2. The molecule has 0 spiro atoms. The number of sulfonamides is 1. The van der Waals surface area contributed by atoms with E-state index in [0.29, 0.717) is 40.1 Å². The molecule has 0 unspecified atom stereocenters. The second-order valence-corrected chi connectivity index (χ2v) is 21.8. The Morgan fingerprint density at radius 1 is 0.912 bits per heavy atom. The molecule has 68 heavy (non-hydrogen) atoms. The minimum atomic E-state index is -4.46. The molecule has 10 rings (SSSR count). The van der Waals surface area contributed by atoms with Crippen LogP contribution in [0.15, 0.2) is 101 Å². The first kappa shape index (κ1) is 46.1. The van der Waals surface area contributed by atoms with Crippen molar-refractivity contribution in [1.29, 1.82) is 0 Å². The van der Waals surface area contributed by atoms with Gasteiger partial charge in [0.2, 0.25) is 0 Å². The number of nitroso groups, excluding NO2 is 1. The Balaban J connectivity index is 0.864. The topological polar surface area (TPSA) is 179 Å². The summed E-state index contributed by atoms with van der Waals surface area (Å²) in [7, 11) is -4.46. The van der Waals surface area contributed by atoms with Crippen molar-refractivity contribution in [2.24, 2.45) is 10.6 Å². The quantitative estimate of drug-likeness (QED) is 0.0811. The Morgan fingerprint density at radius 3 is 2.43 bits per heavy atom. The van der Waals surface area contributed by atoms with Crippen molar-refractivity contribution in [2.75, 3.05) is 56.2 Å². The third-order valence-electron chi connectivity index (χ3n) is 14.4. The average molecular weight is 960 g/mol. The van der Waals surface area contributed by atoms with E-state index in [1.165, 1.54) is 28.8 Å². The fourth-order valence-electron chi connectivity index (χ4n) is 10.5. The molecule has 2 saturated heterocycles. The summed E-state index contributed by atoms with van der Waals surface area (Å²) < 4.78 is 37.4. The normalized spacial score (nSPS) is 20.8. The molecular weight excluding hydrogens is 900 g/mol. The predicted molar refractivity (Wildman–Crippen MR) is 269 cm³/mol. The molecular formula is C51H59ClN10O5S. The Bertz CT molecular complexity index is 2960. The number of allylic oxidation sites excluding steroid dienone is 1. The number of H-pyrrole nitrogens is 1. The number of hydrogen-bond donors (Lipinski definition) is 4. The number of carbonyl (C=O) groups is 1. The minimum Gasteiger partial charge on any atom is -0.381 e. The van der Waals surface area contributed by atoms with E-state index in [0.717, 1.165) is 120 Å². The van der Waals surface area contributed by atoms with Crippen molar-refractivity contribution in [3.8, 4) is 5.69 Å². The van der Waals surface area contributed by atoms with Gasteiger partial charge in [0.1, 0.15) is 16.9 Å². The molecule has 1 amide bonds. The summed E-state index contributed by atoms with van der Waals surface area (Å²) in [5.74, 6) is -0.843. The summed E-state index contributed by atoms with van der Waals surface area (Å²) in [5, 5.41) is 16.7. The fraction of sp³-hybridized carbons (Fsp3) is 0.431. The highest BCUT2D eigenvalue weighted by Crippen LogP contribution is 2.43. The van der Waals surface area contributed by atoms with Crippen LogP contribution in [0, 0.1) is 10.3 Å². The molecule has 3 fully saturated rings. The van der Waals surface area contributed by atoms with Crippen LogP contribution in [0.2, 0.25) is 5.02 Å². The van der Waals surface area contributed by atoms with Gasteiger partial charge in [-0.25, -0.2) is 22.8 Å². The van der Waals surface area contributed by atoms with E-state index in [2.05, 4.69) is 61.3 Å². The third kappa shape index (κ3) is 10.1. The van der Waals surface area contributed by atoms with Crippen molar-refractivity contribution >= 4 is 72.2 Å². The van der Waals surface area contributed by atoms with Crippen molar-refractivity contribution in [3.63, 3.8) is 0 Å². The number of halogens is 1. The Kier molecular flexibility index (Phi) is 13.1. The van der Waals surface area contributed by atoms with Gasteiger partial charge in [0, 0.05) is 86.4 Å². The number of amides is 1. The summed E-state index contributed by atoms with van der Waals surface area (Å²) in [4.78, 5) is 38.9. The number of benzene rings is 3. The number of pyridine rings is 1. The Morgan fingerprint density at radius 2 is 1.66 bits per heavy atom. The lowest BCUT2D eigenvalue weighted by atomic mass is 9.72. The largest absolute Gasteiger partial charge is 0.381 e. The Hall–Kier alpha value is -5.65. The highest BCUT2D eigenvalue weighted by Gasteiger charge is 2.31. The first-order valence-electron chi connectivity index (χ1n) is 23.9. The number of fused-ring (bicyclic) bond motifs is 2. The number of carbonyl (C=O) groups excluding carboxylic acids is 1. The van der Waals surface area contributed by atoms with Gasteiger partial charge in [-0.05, 0) is 140 Å². The van der Waals surface area contributed by atoms with E-state index >= 15 is 0 Å². The first-order chi connectivity index (χ1) is 32.9. The van der Waals surface area contributed by atoms with Crippen LogP contribution in [0.5, 0.6) is 0 Å². The molecule has 356 valence electrons. The fourth-order valence-corrected chi connectivity index (χ4v) is 11.6. The van der Waals surface area contributed by atoms with Crippen molar-refractivity contribution < 1.29 is 17.9 Å². The first-order valence-corrected chi connectivity index (χ1v) is 25.8. The number of nitrogens with zero attached hydrogens (tertiary/aromatic N) is 6. The van der Waals surface area contributed by atoms with Crippen LogP contribution in [0.25, 0.3) is 33.3 Å². The van der Waals surface area contributed by atoms with E-state index in [9.17, 15) is 18.1 Å². The third-order valence-corrected chi connectivity index (χ3v) is 16.0. The number of hydrogen-bond acceptors (Lipinski definition) is 12. The van der Waals surface area contributed by atoms with Crippen LogP contribution in [0.4, 0.5) is 17.1 Å². The van der Waals surface area contributed by atoms with Crippen molar-refractivity contribution in [3.05, 3.63) is 112 Å². The summed E-state index contributed by atoms with van der Waals surface area (Å²) >= 11 is 6.27. The van der Waals surface area contributed by atoms with E-state index in [1.807, 2.05) is 42.6 Å². The van der Waals surface area contributed by atoms with Crippen LogP contribution in [-0.4, -0.2) is 103 Å². The van der Waals surface area contributed by atoms with E-state index < -0.39 is 15.9 Å². The van der Waals surface area contributed by atoms with Crippen LogP contribution >= 0.6 is 11.6 Å². The molecule has 17 heteroatoms. The molecule has 4 aliphatic rings. The second kappa shape index (κ2) is 19.4. The highest BCUT2D eigenvalue weighted by atomic mass is 35.5. The molecule has 2 aliphatic carbocycles. The van der Waals surface area contributed by atoms with Gasteiger partial charge in [-0.2, -0.15) is 5.10 Å². The minimum absolute atomic E-state index is 0.0408. The van der Waals surface area contributed by atoms with E-state index in [1.54, 1.807) is 23.0 Å². The zero-order valence-electron chi connectivity index (χ0n) is 38.6. The van der Waals surface area contributed by atoms with Crippen LogP contribution in [0.1, 0.15) is 87.6 Å². The number of anilines is 2. The van der Waals surface area contributed by atoms with Gasteiger partial charge in [-0.15, -0.1) is 4.91 Å². The van der Waals surface area contributed by atoms with Gasteiger partial charge in [0.25, 0.3) is 15.9 Å². The molecule has 2 aliphatic heterocycles. The number of rotatable bonds is 13. The standard InChI is InChI=1S/C51H59ClN10O5S/c1-51(2)19-15-35(43(30-51)33-3-5-36(52)6-4-33)32-60-21-23-61(24-22-60)40-11-13-42(47(28-40)62-48-27-34-16-20-53-49(34)57-46(48)31-54-62)50(63)59-68(65,66)41-12-14-44(45(29-41)58-64)56-38-9-7-37(8-10-38)55-39-17-25-67-26-18-39/h3-6,11-14,16,20,27-29,31,37-39,55-56H,7-10,15,17-19,21-26,30,32H2,1-2H3,(H,53,57)(H,59,63). The lowest BCUT2D eigenvalue weighted by Crippen LogP contribution is -2.47. The zero-order chi connectivity index (χ0) is 47.0. The second-order valence-electron chi connectivity index (χ2n) is 19.7. The van der Waals surface area contributed by atoms with Gasteiger partial charge >= 0.3 is 0 Å². The van der Waals surface area contributed by atoms with Crippen LogP contribution < -0.4 is 20.3 Å². The monoisotopic (exact) mass is 958 g/mol. The van der Waals surface area contributed by atoms with Crippen LogP contribution in [0.3, 0.4) is 0 Å². The van der Waals surface area contributed by atoms with Gasteiger partial charge in [0.15, 0.2) is 0 Å². The molecule has 6 aromatic rings. The highest BCUT2D eigenvalue weighted by molar-refractivity contribution is 7.90. The molecule has 4 N–H and O–H groups in total. The molecule has 1 saturated carbocycles. The van der Waals surface area contributed by atoms with Crippen molar-refractivity contribution in [2.45, 2.75) is 94.7 Å². The maximum Gasteiger partial charge on any atom is 0.267 e. The Labute approximate surface area is 402 Å². The molecule has 3 aromatic heterocycles. The summed E-state index contributed by atoms with van der Waals surface area (Å²) in [5.41, 5.74) is 8.17. The summed E-state index contributed by atoms with van der Waals surface area (Å²) in [6.07, 6.45) is 12.5. The van der Waals surface area contributed by atoms with E-state index in [-0.39, 0.29) is 27.6 Å². The van der Waals surface area contributed by atoms with Gasteiger partial charge in [-0.3, -0.25) is 9.69 Å². The maximum atomic E-state index is 14.3. The molecule has 5 heterocycles. The average Bonchev–Trinajstić information content (AvgIpc) is 3.99. The van der Waals surface area contributed by atoms with Gasteiger partial charge in [-0.1, -0.05) is 43.2 Å².